The number of methoxy groups -OCH3 is 1. The van der Waals surface area contributed by atoms with Crippen LogP contribution in [0.5, 0.6) is 11.5 Å². The third kappa shape index (κ3) is 3.71. The van der Waals surface area contributed by atoms with Crippen LogP contribution in [0.25, 0.3) is 0 Å². The predicted molar refractivity (Wildman–Crippen MR) is 102 cm³/mol. The first-order chi connectivity index (χ1) is 12.5. The molecule has 0 aliphatic carbocycles. The second-order valence-electron chi connectivity index (χ2n) is 6.43. The van der Waals surface area contributed by atoms with Gasteiger partial charge in [-0.05, 0) is 56.5 Å². The minimum absolute atomic E-state index is 0.0950. The molecule has 1 fully saturated rings. The maximum atomic E-state index is 11.8. The van der Waals surface area contributed by atoms with Crippen LogP contribution < -0.4 is 9.47 Å². The number of ether oxygens (including phenoxy) is 2. The summed E-state index contributed by atoms with van der Waals surface area (Å²) in [6, 6.07) is 9.54. The highest BCUT2D eigenvalue weighted by atomic mass is 32.1. The van der Waals surface area contributed by atoms with Crippen LogP contribution in [0, 0.1) is 6.92 Å². The van der Waals surface area contributed by atoms with Crippen molar-refractivity contribution in [3.63, 3.8) is 0 Å². The van der Waals surface area contributed by atoms with Crippen LogP contribution in [-0.2, 0) is 4.79 Å². The number of aliphatic carboxylic acids is 1. The van der Waals surface area contributed by atoms with Crippen LogP contribution in [0.4, 0.5) is 0 Å². The Labute approximate surface area is 158 Å². The topological polar surface area (TPSA) is 59.0 Å². The Morgan fingerprint density at radius 2 is 2.15 bits per heavy atom. The molecule has 1 aliphatic heterocycles. The van der Waals surface area contributed by atoms with Crippen LogP contribution >= 0.6 is 11.3 Å². The average Bonchev–Trinajstić information content (AvgIpc) is 3.26. The Hall–Kier alpha value is -2.05. The maximum absolute atomic E-state index is 11.8. The second-order valence-corrected chi connectivity index (χ2v) is 7.75. The van der Waals surface area contributed by atoms with E-state index in [1.807, 2.05) is 25.1 Å². The lowest BCUT2D eigenvalue weighted by molar-refractivity contribution is -0.142. The summed E-state index contributed by atoms with van der Waals surface area (Å²) in [5.74, 6) is 0.629. The fraction of sp³-hybridized carbons (Fsp3) is 0.450. The second kappa shape index (κ2) is 8.10. The molecule has 0 spiro atoms. The molecule has 2 heterocycles. The van der Waals surface area contributed by atoms with Gasteiger partial charge in [0.1, 0.15) is 6.04 Å². The minimum Gasteiger partial charge on any atom is -0.493 e. The van der Waals surface area contributed by atoms with Gasteiger partial charge in [-0.15, -0.1) is 11.3 Å². The van der Waals surface area contributed by atoms with Gasteiger partial charge in [-0.3, -0.25) is 9.69 Å². The number of carbonyl (C=O) groups is 1. The van der Waals surface area contributed by atoms with Gasteiger partial charge >= 0.3 is 5.97 Å². The average molecular weight is 375 g/mol. The first-order valence-electron chi connectivity index (χ1n) is 8.90. The molecule has 1 aliphatic rings. The molecule has 0 saturated carbocycles. The van der Waals surface area contributed by atoms with E-state index in [1.54, 1.807) is 18.4 Å². The standard InChI is InChI=1S/C20H25NO4S/c1-4-25-17-12-14(8-9-16(17)24-3)19(18-10-7-13(2)26-18)21-11-5-6-15(21)20(22)23/h7-10,12,15,19H,4-6,11H2,1-3H3,(H,22,23). The lowest BCUT2D eigenvalue weighted by Crippen LogP contribution is -2.39. The summed E-state index contributed by atoms with van der Waals surface area (Å²) in [7, 11) is 1.62. The number of carboxylic acids is 1. The minimum atomic E-state index is -0.751. The van der Waals surface area contributed by atoms with Crippen LogP contribution in [0.15, 0.2) is 30.3 Å². The van der Waals surface area contributed by atoms with E-state index in [4.69, 9.17) is 9.47 Å². The van der Waals surface area contributed by atoms with Gasteiger partial charge in [0.05, 0.1) is 19.8 Å². The van der Waals surface area contributed by atoms with Gasteiger partial charge in [0.15, 0.2) is 11.5 Å². The number of carboxylic acid groups (broad SMARTS) is 1. The summed E-state index contributed by atoms with van der Waals surface area (Å²) in [4.78, 5) is 16.2. The van der Waals surface area contributed by atoms with Gasteiger partial charge in [0.2, 0.25) is 0 Å². The Balaban J connectivity index is 2.06. The monoisotopic (exact) mass is 375 g/mol. The third-order valence-corrected chi connectivity index (χ3v) is 5.80. The molecule has 2 atom stereocenters. The Kier molecular flexibility index (Phi) is 5.84. The van der Waals surface area contributed by atoms with Crippen molar-refractivity contribution in [2.45, 2.75) is 38.8 Å². The summed E-state index contributed by atoms with van der Waals surface area (Å²) in [5.41, 5.74) is 1.03. The normalized spacial score (nSPS) is 18.7. The quantitative estimate of drug-likeness (QED) is 0.789. The molecule has 0 bridgehead atoms. The van der Waals surface area contributed by atoms with Gasteiger partial charge in [-0.25, -0.2) is 0 Å². The number of benzene rings is 1. The predicted octanol–water partition coefficient (Wildman–Crippen LogP) is 4.10. The van der Waals surface area contributed by atoms with Gasteiger partial charge in [-0.1, -0.05) is 6.07 Å². The van der Waals surface area contributed by atoms with Crippen molar-refractivity contribution in [1.82, 2.24) is 4.90 Å². The van der Waals surface area contributed by atoms with Gasteiger partial charge < -0.3 is 14.6 Å². The van der Waals surface area contributed by atoms with E-state index in [0.29, 0.717) is 24.5 Å². The summed E-state index contributed by atoms with van der Waals surface area (Å²) in [6.45, 7) is 5.33. The first-order valence-corrected chi connectivity index (χ1v) is 9.72. The molecule has 1 N–H and O–H groups in total. The summed E-state index contributed by atoms with van der Waals surface area (Å²) < 4.78 is 11.1. The molecular formula is C20H25NO4S. The van der Waals surface area contributed by atoms with E-state index < -0.39 is 12.0 Å². The van der Waals surface area contributed by atoms with Crippen molar-refractivity contribution in [1.29, 1.82) is 0 Å². The van der Waals surface area contributed by atoms with E-state index in [9.17, 15) is 9.90 Å². The molecule has 0 amide bonds. The van der Waals surface area contributed by atoms with Crippen LogP contribution in [0.2, 0.25) is 0 Å². The molecule has 2 aromatic rings. The zero-order chi connectivity index (χ0) is 18.7. The van der Waals surface area contributed by atoms with Crippen molar-refractivity contribution < 1.29 is 19.4 Å². The molecule has 0 radical (unpaired) electrons. The lowest BCUT2D eigenvalue weighted by Gasteiger charge is -2.31. The SMILES string of the molecule is CCOc1cc(C(c2ccc(C)s2)N2CCCC2C(=O)O)ccc1OC. The number of likely N-dealkylation sites (tertiary alicyclic amines) is 1. The van der Waals surface area contributed by atoms with Gasteiger partial charge in [0.25, 0.3) is 0 Å². The summed E-state index contributed by atoms with van der Waals surface area (Å²) in [5, 5.41) is 9.67. The van der Waals surface area contributed by atoms with E-state index in [1.165, 1.54) is 4.88 Å². The summed E-state index contributed by atoms with van der Waals surface area (Å²) in [6.07, 6.45) is 1.58. The van der Waals surface area contributed by atoms with Gasteiger partial charge in [0, 0.05) is 16.3 Å². The Morgan fingerprint density at radius 1 is 1.35 bits per heavy atom. The van der Waals surface area contributed by atoms with Gasteiger partial charge in [-0.2, -0.15) is 0 Å². The smallest absolute Gasteiger partial charge is 0.320 e. The fourth-order valence-corrected chi connectivity index (χ4v) is 4.64. The highest BCUT2D eigenvalue weighted by Gasteiger charge is 2.37. The van der Waals surface area contributed by atoms with Crippen LogP contribution in [0.3, 0.4) is 0 Å². The molecule has 5 nitrogen and oxygen atoms in total. The number of rotatable bonds is 7. The molecule has 1 aromatic carbocycles. The fourth-order valence-electron chi connectivity index (χ4n) is 3.61. The van der Waals surface area contributed by atoms with E-state index >= 15 is 0 Å². The summed E-state index contributed by atoms with van der Waals surface area (Å²) >= 11 is 1.71. The van der Waals surface area contributed by atoms with Crippen molar-refractivity contribution in [3.8, 4) is 11.5 Å². The lowest BCUT2D eigenvalue weighted by atomic mass is 10.0. The Bertz CT molecular complexity index is 773. The molecule has 1 saturated heterocycles. The number of aryl methyl sites for hydroxylation is 1. The molecule has 2 unspecified atom stereocenters. The van der Waals surface area contributed by atoms with Crippen LogP contribution in [-0.4, -0.2) is 42.3 Å². The van der Waals surface area contributed by atoms with E-state index in [2.05, 4.69) is 24.0 Å². The number of thiophene rings is 1. The molecule has 140 valence electrons. The van der Waals surface area contributed by atoms with Crippen molar-refractivity contribution >= 4 is 17.3 Å². The van der Waals surface area contributed by atoms with E-state index in [-0.39, 0.29) is 6.04 Å². The van der Waals surface area contributed by atoms with Crippen molar-refractivity contribution in [2.75, 3.05) is 20.3 Å². The highest BCUT2D eigenvalue weighted by molar-refractivity contribution is 7.12. The maximum Gasteiger partial charge on any atom is 0.320 e. The van der Waals surface area contributed by atoms with Crippen LogP contribution in [0.1, 0.15) is 41.1 Å². The Morgan fingerprint density at radius 3 is 2.77 bits per heavy atom. The number of nitrogens with zero attached hydrogens (tertiary/aromatic N) is 1. The number of hydrogen-bond donors (Lipinski definition) is 1. The molecule has 3 rings (SSSR count). The van der Waals surface area contributed by atoms with Crippen molar-refractivity contribution in [2.24, 2.45) is 0 Å². The first kappa shape index (κ1) is 18.7. The number of hydrogen-bond acceptors (Lipinski definition) is 5. The largest absolute Gasteiger partial charge is 0.493 e. The molecular weight excluding hydrogens is 350 g/mol. The van der Waals surface area contributed by atoms with E-state index in [0.717, 1.165) is 23.4 Å². The highest BCUT2D eigenvalue weighted by Crippen LogP contribution is 2.40. The van der Waals surface area contributed by atoms with Crippen molar-refractivity contribution in [3.05, 3.63) is 45.6 Å². The third-order valence-electron chi connectivity index (χ3n) is 4.74. The molecule has 6 heteroatoms. The molecule has 26 heavy (non-hydrogen) atoms. The zero-order valence-electron chi connectivity index (χ0n) is 15.4. The molecule has 1 aromatic heterocycles. The zero-order valence-corrected chi connectivity index (χ0v) is 16.2.